The van der Waals surface area contributed by atoms with E-state index in [-0.39, 0.29) is 24.3 Å². The van der Waals surface area contributed by atoms with Crippen LogP contribution in [0.5, 0.6) is 0 Å². The topological polar surface area (TPSA) is 118 Å². The van der Waals surface area contributed by atoms with Crippen molar-refractivity contribution in [2.24, 2.45) is 5.92 Å². The second-order valence-electron chi connectivity index (χ2n) is 7.80. The van der Waals surface area contributed by atoms with Crippen LogP contribution in [0.15, 0.2) is 29.0 Å². The fourth-order valence-electron chi connectivity index (χ4n) is 4.48. The number of rotatable bonds is 5. The van der Waals surface area contributed by atoms with Crippen molar-refractivity contribution in [1.29, 1.82) is 0 Å². The highest BCUT2D eigenvalue weighted by atomic mass is 32.2. The molecule has 0 radical (unpaired) electrons. The minimum atomic E-state index is -3.32. The van der Waals surface area contributed by atoms with Gasteiger partial charge in [-0.15, -0.1) is 0 Å². The smallest absolute Gasteiger partial charge is 0.234 e. The molecule has 0 aromatic carbocycles. The molecule has 9 nitrogen and oxygen atoms in total. The first kappa shape index (κ1) is 19.0. The molecule has 0 spiro atoms. The summed E-state index contributed by atoms with van der Waals surface area (Å²) in [6, 6.07) is 3.60. The lowest BCUT2D eigenvalue weighted by Crippen LogP contribution is -2.39. The molecule has 0 bridgehead atoms. The van der Waals surface area contributed by atoms with Crippen LogP contribution in [0.3, 0.4) is 0 Å². The Hall–Kier alpha value is -2.33. The third kappa shape index (κ3) is 3.53. The third-order valence-electron chi connectivity index (χ3n) is 5.72. The molecule has 2 aromatic heterocycles. The highest BCUT2D eigenvalue weighted by molar-refractivity contribution is 7.88. The van der Waals surface area contributed by atoms with Crippen LogP contribution in [0.25, 0.3) is 0 Å². The van der Waals surface area contributed by atoms with Crippen LogP contribution in [-0.4, -0.2) is 59.1 Å². The van der Waals surface area contributed by atoms with Crippen LogP contribution < -0.4 is 5.32 Å². The second-order valence-corrected chi connectivity index (χ2v) is 9.78. The summed E-state index contributed by atoms with van der Waals surface area (Å²) in [4.78, 5) is 20.9. The van der Waals surface area contributed by atoms with Gasteiger partial charge in [0.25, 0.3) is 0 Å². The van der Waals surface area contributed by atoms with Crippen molar-refractivity contribution in [1.82, 2.24) is 24.7 Å². The Kier molecular flexibility index (Phi) is 4.70. The number of hydrogen-bond acceptors (Lipinski definition) is 7. The Morgan fingerprint density at radius 3 is 2.93 bits per heavy atom. The number of carbonyl (C=O) groups excluding carboxylic acids is 1. The highest BCUT2D eigenvalue weighted by Gasteiger charge is 2.58. The van der Waals surface area contributed by atoms with Crippen molar-refractivity contribution >= 4 is 15.9 Å². The van der Waals surface area contributed by atoms with Crippen LogP contribution in [0.1, 0.15) is 30.1 Å². The average Bonchev–Trinajstić information content (AvgIpc) is 3.27. The van der Waals surface area contributed by atoms with Crippen molar-refractivity contribution in [3.8, 4) is 0 Å². The number of aryl methyl sites for hydroxylation is 1. The Balaban J connectivity index is 1.52. The minimum Gasteiger partial charge on any atom is -0.353 e. The molecule has 150 valence electrons. The van der Waals surface area contributed by atoms with E-state index in [9.17, 15) is 13.2 Å². The molecule has 2 aromatic rings. The lowest BCUT2D eigenvalue weighted by Gasteiger charge is -2.24. The number of pyridine rings is 1. The third-order valence-corrected chi connectivity index (χ3v) is 6.93. The standard InChI is InChI=1S/C18H23N5O4S/c1-12-20-17(27-22-12)18-8-15(7-14(18)10-23(11-18)28(2,25)26)21-16(24)6-13-4-3-5-19-9-13/h3-5,9,14-15H,6-8,10-11H2,1-2H3,(H,21,24)/t14?,15-,18+/m1/s1. The maximum absolute atomic E-state index is 12.5. The van der Waals surface area contributed by atoms with E-state index in [2.05, 4.69) is 20.4 Å². The Morgan fingerprint density at radius 1 is 1.46 bits per heavy atom. The van der Waals surface area contributed by atoms with Crippen LogP contribution in [-0.2, 0) is 26.7 Å². The van der Waals surface area contributed by atoms with E-state index < -0.39 is 15.4 Å². The molecule has 1 aliphatic carbocycles. The van der Waals surface area contributed by atoms with Crippen LogP contribution in [0, 0.1) is 12.8 Å². The number of nitrogens with one attached hydrogen (secondary N) is 1. The predicted octanol–water partition coefficient (Wildman–Crippen LogP) is 0.424. The number of sulfonamides is 1. The molecule has 2 fully saturated rings. The molecule has 3 heterocycles. The van der Waals surface area contributed by atoms with Gasteiger partial charge < -0.3 is 9.84 Å². The maximum Gasteiger partial charge on any atom is 0.234 e. The lowest BCUT2D eigenvalue weighted by molar-refractivity contribution is -0.121. The van der Waals surface area contributed by atoms with Gasteiger partial charge >= 0.3 is 0 Å². The van der Waals surface area contributed by atoms with E-state index in [0.717, 1.165) is 5.56 Å². The summed E-state index contributed by atoms with van der Waals surface area (Å²) in [6.45, 7) is 2.44. The number of amides is 1. The highest BCUT2D eigenvalue weighted by Crippen LogP contribution is 2.50. The van der Waals surface area contributed by atoms with Crippen LogP contribution in [0.2, 0.25) is 0 Å². The van der Waals surface area contributed by atoms with Crippen molar-refractivity contribution in [2.45, 2.75) is 37.6 Å². The summed E-state index contributed by atoms with van der Waals surface area (Å²) in [5.74, 6) is 0.927. The molecule has 28 heavy (non-hydrogen) atoms. The van der Waals surface area contributed by atoms with E-state index in [4.69, 9.17) is 4.52 Å². The first-order chi connectivity index (χ1) is 13.3. The monoisotopic (exact) mass is 405 g/mol. The van der Waals surface area contributed by atoms with Gasteiger partial charge in [0.15, 0.2) is 5.82 Å². The predicted molar refractivity (Wildman–Crippen MR) is 99.7 cm³/mol. The number of carbonyl (C=O) groups is 1. The summed E-state index contributed by atoms with van der Waals surface area (Å²) in [7, 11) is -3.32. The van der Waals surface area contributed by atoms with Gasteiger partial charge in [0, 0.05) is 31.5 Å². The van der Waals surface area contributed by atoms with Gasteiger partial charge in [-0.1, -0.05) is 11.2 Å². The van der Waals surface area contributed by atoms with Gasteiger partial charge in [-0.3, -0.25) is 9.78 Å². The zero-order valence-electron chi connectivity index (χ0n) is 15.8. The summed E-state index contributed by atoms with van der Waals surface area (Å²) in [6.07, 6.45) is 6.07. The van der Waals surface area contributed by atoms with Gasteiger partial charge in [-0.2, -0.15) is 4.98 Å². The van der Waals surface area contributed by atoms with E-state index >= 15 is 0 Å². The SMILES string of the molecule is Cc1noc([C@]23C[C@H](NC(=O)Cc4cccnc4)CC2CN(S(C)(=O)=O)C3)n1. The summed E-state index contributed by atoms with van der Waals surface area (Å²) in [5, 5.41) is 6.98. The minimum absolute atomic E-state index is 0.0192. The fraction of sp³-hybridized carbons (Fsp3) is 0.556. The Bertz CT molecular complexity index is 977. The summed E-state index contributed by atoms with van der Waals surface area (Å²) >= 11 is 0. The Morgan fingerprint density at radius 2 is 2.29 bits per heavy atom. The van der Waals surface area contributed by atoms with Crippen molar-refractivity contribution in [2.75, 3.05) is 19.3 Å². The maximum atomic E-state index is 12.5. The number of hydrogen-bond donors (Lipinski definition) is 1. The lowest BCUT2D eigenvalue weighted by atomic mass is 9.80. The fourth-order valence-corrected chi connectivity index (χ4v) is 5.40. The number of nitrogens with zero attached hydrogens (tertiary/aromatic N) is 4. The van der Waals surface area contributed by atoms with Crippen molar-refractivity contribution in [3.05, 3.63) is 41.8 Å². The zero-order valence-corrected chi connectivity index (χ0v) is 16.6. The number of fused-ring (bicyclic) bond motifs is 1. The molecule has 1 aliphatic heterocycles. The summed E-state index contributed by atoms with van der Waals surface area (Å²) in [5.41, 5.74) is 0.292. The largest absolute Gasteiger partial charge is 0.353 e. The molecule has 1 unspecified atom stereocenters. The molecule has 1 N–H and O–H groups in total. The van der Waals surface area contributed by atoms with Gasteiger partial charge in [0.1, 0.15) is 0 Å². The van der Waals surface area contributed by atoms with E-state index in [1.165, 1.54) is 10.6 Å². The molecule has 10 heteroatoms. The first-order valence-electron chi connectivity index (χ1n) is 9.20. The van der Waals surface area contributed by atoms with Gasteiger partial charge in [0.05, 0.1) is 18.1 Å². The number of aromatic nitrogens is 3. The molecule has 1 amide bonds. The van der Waals surface area contributed by atoms with Gasteiger partial charge in [-0.05, 0) is 37.3 Å². The molecular formula is C18H23N5O4S. The molecular weight excluding hydrogens is 382 g/mol. The van der Waals surface area contributed by atoms with Gasteiger partial charge in [0.2, 0.25) is 21.8 Å². The van der Waals surface area contributed by atoms with Crippen molar-refractivity contribution in [3.63, 3.8) is 0 Å². The molecule has 3 atom stereocenters. The normalized spacial score (nSPS) is 27.6. The quantitative estimate of drug-likeness (QED) is 0.766. The molecule has 1 saturated carbocycles. The van der Waals surface area contributed by atoms with E-state index in [1.54, 1.807) is 25.4 Å². The molecule has 1 saturated heterocycles. The van der Waals surface area contributed by atoms with E-state index in [0.29, 0.717) is 37.6 Å². The zero-order chi connectivity index (χ0) is 19.9. The van der Waals surface area contributed by atoms with Crippen LogP contribution >= 0.6 is 0 Å². The molecule has 4 rings (SSSR count). The average molecular weight is 405 g/mol. The van der Waals surface area contributed by atoms with Crippen LogP contribution in [0.4, 0.5) is 0 Å². The first-order valence-corrected chi connectivity index (χ1v) is 11.1. The van der Waals surface area contributed by atoms with E-state index in [1.807, 2.05) is 6.07 Å². The second kappa shape index (κ2) is 6.93. The van der Waals surface area contributed by atoms with Gasteiger partial charge in [-0.25, -0.2) is 12.7 Å². The molecule has 2 aliphatic rings. The van der Waals surface area contributed by atoms with Crippen molar-refractivity contribution < 1.29 is 17.7 Å². The summed E-state index contributed by atoms with van der Waals surface area (Å²) < 4.78 is 31.1. The Labute approximate surface area is 163 Å².